The van der Waals surface area contributed by atoms with E-state index in [2.05, 4.69) is 0 Å². The molecule has 0 spiro atoms. The fourth-order valence-corrected chi connectivity index (χ4v) is 2.13. The summed E-state index contributed by atoms with van der Waals surface area (Å²) in [5.74, 6) is 0. The van der Waals surface area contributed by atoms with Gasteiger partial charge < -0.3 is 5.73 Å². The molecule has 0 aromatic heterocycles. The summed E-state index contributed by atoms with van der Waals surface area (Å²) in [6, 6.07) is 10.8. The zero-order chi connectivity index (χ0) is 14.0. The minimum atomic E-state index is -4.42. The molecule has 0 heterocycles. The molecule has 0 unspecified atom stereocenters. The summed E-state index contributed by atoms with van der Waals surface area (Å²) in [6.07, 6.45) is -4.42. The fourth-order valence-electron chi connectivity index (χ4n) is 1.88. The van der Waals surface area contributed by atoms with Gasteiger partial charge in [0, 0.05) is 17.1 Å². The van der Waals surface area contributed by atoms with Crippen molar-refractivity contribution in [2.75, 3.05) is 0 Å². The van der Waals surface area contributed by atoms with Crippen molar-refractivity contribution in [2.45, 2.75) is 12.7 Å². The molecule has 0 amide bonds. The highest BCUT2D eigenvalue weighted by Gasteiger charge is 2.33. The third-order valence-corrected chi connectivity index (χ3v) is 3.15. The van der Waals surface area contributed by atoms with Crippen molar-refractivity contribution in [1.82, 2.24) is 0 Å². The third-order valence-electron chi connectivity index (χ3n) is 2.82. The highest BCUT2D eigenvalue weighted by molar-refractivity contribution is 6.33. The van der Waals surface area contributed by atoms with Gasteiger partial charge in [-0.25, -0.2) is 0 Å². The maximum absolute atomic E-state index is 12.9. The Bertz CT molecular complexity index is 593. The Kier molecular flexibility index (Phi) is 3.83. The van der Waals surface area contributed by atoms with Gasteiger partial charge in [0.05, 0.1) is 5.56 Å². The number of rotatable bonds is 2. The van der Waals surface area contributed by atoms with Gasteiger partial charge in [-0.05, 0) is 23.3 Å². The highest BCUT2D eigenvalue weighted by Crippen LogP contribution is 2.36. The van der Waals surface area contributed by atoms with Crippen molar-refractivity contribution in [3.05, 3.63) is 58.6 Å². The van der Waals surface area contributed by atoms with E-state index < -0.39 is 11.7 Å². The van der Waals surface area contributed by atoms with Crippen LogP contribution in [0.1, 0.15) is 11.1 Å². The lowest BCUT2D eigenvalue weighted by Crippen LogP contribution is -2.12. The minimum Gasteiger partial charge on any atom is -0.326 e. The Morgan fingerprint density at radius 1 is 1.05 bits per heavy atom. The summed E-state index contributed by atoms with van der Waals surface area (Å²) in [7, 11) is 0. The van der Waals surface area contributed by atoms with Crippen LogP contribution < -0.4 is 5.73 Å². The van der Waals surface area contributed by atoms with Gasteiger partial charge in [-0.15, -0.1) is 0 Å². The number of hydrogen-bond donors (Lipinski definition) is 1. The summed E-state index contributed by atoms with van der Waals surface area (Å²) < 4.78 is 38.8. The van der Waals surface area contributed by atoms with Crippen LogP contribution in [0.5, 0.6) is 0 Å². The minimum absolute atomic E-state index is 0.0725. The number of halogens is 4. The molecule has 0 saturated heterocycles. The molecule has 2 N–H and O–H groups in total. The maximum Gasteiger partial charge on any atom is 0.416 e. The summed E-state index contributed by atoms with van der Waals surface area (Å²) in [5.41, 5.74) is 5.69. The van der Waals surface area contributed by atoms with Crippen LogP contribution in [0.15, 0.2) is 42.5 Å². The topological polar surface area (TPSA) is 26.0 Å². The molecule has 0 aliphatic rings. The molecular weight excluding hydrogens is 275 g/mol. The lowest BCUT2D eigenvalue weighted by molar-refractivity contribution is -0.138. The van der Waals surface area contributed by atoms with E-state index >= 15 is 0 Å². The number of hydrogen-bond acceptors (Lipinski definition) is 1. The molecule has 2 rings (SSSR count). The first-order chi connectivity index (χ1) is 8.93. The SMILES string of the molecule is NCc1ccc(-c2ccccc2Cl)cc1C(F)(F)F. The lowest BCUT2D eigenvalue weighted by Gasteiger charge is -2.14. The summed E-state index contributed by atoms with van der Waals surface area (Å²) >= 11 is 5.99. The molecule has 19 heavy (non-hydrogen) atoms. The largest absolute Gasteiger partial charge is 0.416 e. The molecule has 0 radical (unpaired) electrons. The summed E-state index contributed by atoms with van der Waals surface area (Å²) in [5, 5.41) is 0.413. The van der Waals surface area contributed by atoms with Crippen LogP contribution in [0.4, 0.5) is 13.2 Å². The molecule has 2 aromatic carbocycles. The van der Waals surface area contributed by atoms with E-state index in [-0.39, 0.29) is 12.1 Å². The molecule has 5 heteroatoms. The standard InChI is InChI=1S/C14H11ClF3N/c15-13-4-2-1-3-11(13)9-5-6-10(8-19)12(7-9)14(16,17)18/h1-7H,8,19H2. The molecule has 0 bridgehead atoms. The van der Waals surface area contributed by atoms with Gasteiger partial charge in [-0.2, -0.15) is 13.2 Å². The highest BCUT2D eigenvalue weighted by atomic mass is 35.5. The van der Waals surface area contributed by atoms with Crippen molar-refractivity contribution in [3.63, 3.8) is 0 Å². The molecule has 1 nitrogen and oxygen atoms in total. The first kappa shape index (κ1) is 13.9. The monoisotopic (exact) mass is 285 g/mol. The zero-order valence-corrected chi connectivity index (χ0v) is 10.6. The molecule has 0 aliphatic heterocycles. The van der Waals surface area contributed by atoms with Crippen LogP contribution in [0.25, 0.3) is 11.1 Å². The first-order valence-electron chi connectivity index (χ1n) is 5.58. The van der Waals surface area contributed by atoms with Crippen LogP contribution in [0.2, 0.25) is 5.02 Å². The molecule has 2 aromatic rings. The number of nitrogens with two attached hydrogens (primary N) is 1. The summed E-state index contributed by atoms with van der Waals surface area (Å²) in [4.78, 5) is 0. The predicted octanol–water partition coefficient (Wildman–Crippen LogP) is 4.48. The Balaban J connectivity index is 2.59. The fraction of sp³-hybridized carbons (Fsp3) is 0.143. The van der Waals surface area contributed by atoms with E-state index in [1.807, 2.05) is 0 Å². The molecule has 0 saturated carbocycles. The van der Waals surface area contributed by atoms with Crippen molar-refractivity contribution >= 4 is 11.6 Å². The van der Waals surface area contributed by atoms with Gasteiger partial charge in [0.1, 0.15) is 0 Å². The Labute approximate surface area is 113 Å². The second kappa shape index (κ2) is 5.23. The molecule has 0 fully saturated rings. The zero-order valence-electron chi connectivity index (χ0n) is 9.84. The van der Waals surface area contributed by atoms with Crippen LogP contribution in [0.3, 0.4) is 0 Å². The Morgan fingerprint density at radius 3 is 2.32 bits per heavy atom. The van der Waals surface area contributed by atoms with Crippen LogP contribution >= 0.6 is 11.6 Å². The lowest BCUT2D eigenvalue weighted by atomic mass is 9.98. The smallest absolute Gasteiger partial charge is 0.326 e. The van der Waals surface area contributed by atoms with Crippen LogP contribution in [-0.4, -0.2) is 0 Å². The van der Waals surface area contributed by atoms with Crippen molar-refractivity contribution in [2.24, 2.45) is 5.73 Å². The molecular formula is C14H11ClF3N. The first-order valence-corrected chi connectivity index (χ1v) is 5.96. The van der Waals surface area contributed by atoms with Gasteiger partial charge in [-0.1, -0.05) is 41.9 Å². The quantitative estimate of drug-likeness (QED) is 0.865. The van der Waals surface area contributed by atoms with Gasteiger partial charge in [0.15, 0.2) is 0 Å². The van der Waals surface area contributed by atoms with E-state index in [1.165, 1.54) is 6.07 Å². The van der Waals surface area contributed by atoms with Gasteiger partial charge >= 0.3 is 6.18 Å². The van der Waals surface area contributed by atoms with Gasteiger partial charge in [0.2, 0.25) is 0 Å². The second-order valence-electron chi connectivity index (χ2n) is 4.05. The van der Waals surface area contributed by atoms with Crippen molar-refractivity contribution in [1.29, 1.82) is 0 Å². The predicted molar refractivity (Wildman–Crippen MR) is 69.8 cm³/mol. The molecule has 0 aliphatic carbocycles. The van der Waals surface area contributed by atoms with E-state index in [0.29, 0.717) is 16.1 Å². The van der Waals surface area contributed by atoms with E-state index in [9.17, 15) is 13.2 Å². The van der Waals surface area contributed by atoms with Crippen LogP contribution in [-0.2, 0) is 12.7 Å². The van der Waals surface area contributed by atoms with Crippen molar-refractivity contribution in [3.8, 4) is 11.1 Å². The normalized spacial score (nSPS) is 11.6. The Morgan fingerprint density at radius 2 is 1.74 bits per heavy atom. The second-order valence-corrected chi connectivity index (χ2v) is 4.46. The molecule has 0 atom stereocenters. The maximum atomic E-state index is 12.9. The van der Waals surface area contributed by atoms with Crippen molar-refractivity contribution < 1.29 is 13.2 Å². The summed E-state index contributed by atoms with van der Waals surface area (Å²) in [6.45, 7) is -0.155. The van der Waals surface area contributed by atoms with E-state index in [1.54, 1.807) is 30.3 Å². The average Bonchev–Trinajstić information content (AvgIpc) is 2.37. The van der Waals surface area contributed by atoms with Gasteiger partial charge in [0.25, 0.3) is 0 Å². The third kappa shape index (κ3) is 2.91. The Hall–Kier alpha value is -1.52. The molecule has 100 valence electrons. The van der Waals surface area contributed by atoms with Crippen LogP contribution in [0, 0.1) is 0 Å². The number of alkyl halides is 3. The number of benzene rings is 2. The average molecular weight is 286 g/mol. The van der Waals surface area contributed by atoms with Gasteiger partial charge in [-0.3, -0.25) is 0 Å². The van der Waals surface area contributed by atoms with E-state index in [0.717, 1.165) is 6.07 Å². The van der Waals surface area contributed by atoms with E-state index in [4.69, 9.17) is 17.3 Å².